The van der Waals surface area contributed by atoms with E-state index in [0.29, 0.717) is 5.56 Å². The van der Waals surface area contributed by atoms with Gasteiger partial charge in [-0.15, -0.1) is 0 Å². The lowest BCUT2D eigenvalue weighted by Crippen LogP contribution is -2.39. The van der Waals surface area contributed by atoms with Gasteiger partial charge in [-0.3, -0.25) is 4.79 Å². The smallest absolute Gasteiger partial charge is 0.253 e. The molecule has 0 spiro atoms. The number of carbonyl (C=O) groups is 1. The maximum absolute atomic E-state index is 12.5. The molecule has 0 saturated carbocycles. The summed E-state index contributed by atoms with van der Waals surface area (Å²) in [7, 11) is 1.70. The third kappa shape index (κ3) is 5.71. The number of aryl methyl sites for hydroxylation is 1. The first-order valence-electron chi connectivity index (χ1n) is 7.49. The largest absolute Gasteiger partial charge is 0.389 e. The molecule has 5 nitrogen and oxygen atoms in total. The molecule has 0 atom stereocenters. The van der Waals surface area contributed by atoms with Crippen LogP contribution in [0.25, 0.3) is 0 Å². The van der Waals surface area contributed by atoms with Gasteiger partial charge in [0.25, 0.3) is 5.91 Å². The molecule has 0 bridgehead atoms. The lowest BCUT2D eigenvalue weighted by Gasteiger charge is -2.25. The first kappa shape index (κ1) is 17.4. The van der Waals surface area contributed by atoms with Gasteiger partial charge in [-0.1, -0.05) is 13.3 Å². The topological polar surface area (TPSA) is 65.5 Å². The van der Waals surface area contributed by atoms with Crippen molar-refractivity contribution in [2.24, 2.45) is 0 Å². The van der Waals surface area contributed by atoms with Crippen LogP contribution in [0.5, 0.6) is 0 Å². The number of likely N-dealkylation sites (N-methyl/N-ethyl adjacent to an activating group) is 1. The Labute approximate surface area is 127 Å². The molecule has 0 radical (unpaired) electrons. The number of amides is 1. The fourth-order valence-electron chi connectivity index (χ4n) is 2.24. The van der Waals surface area contributed by atoms with E-state index in [1.54, 1.807) is 31.9 Å². The Kier molecular flexibility index (Phi) is 6.15. The van der Waals surface area contributed by atoms with Crippen molar-refractivity contribution in [3.8, 4) is 0 Å². The Morgan fingerprint density at radius 1 is 1.38 bits per heavy atom. The molecule has 5 heteroatoms. The van der Waals surface area contributed by atoms with Crippen molar-refractivity contribution in [3.05, 3.63) is 23.4 Å². The number of aromatic nitrogens is 1. The van der Waals surface area contributed by atoms with Crippen molar-refractivity contribution >= 4 is 11.7 Å². The summed E-state index contributed by atoms with van der Waals surface area (Å²) in [5.41, 5.74) is 0.612. The molecule has 0 saturated heterocycles. The van der Waals surface area contributed by atoms with Gasteiger partial charge in [-0.2, -0.15) is 0 Å². The predicted octanol–water partition coefficient (Wildman–Crippen LogP) is 2.31. The molecule has 1 amide bonds. The second-order valence-corrected chi connectivity index (χ2v) is 5.99. The molecule has 0 unspecified atom stereocenters. The zero-order valence-electron chi connectivity index (χ0n) is 13.7. The minimum atomic E-state index is -0.909. The molecule has 1 rings (SSSR count). The lowest BCUT2D eigenvalue weighted by molar-refractivity contribution is 0.0368. The molecule has 1 aromatic heterocycles. The maximum Gasteiger partial charge on any atom is 0.253 e. The number of hydrogen-bond acceptors (Lipinski definition) is 4. The van der Waals surface area contributed by atoms with Gasteiger partial charge in [-0.05, 0) is 39.3 Å². The average molecular weight is 293 g/mol. The van der Waals surface area contributed by atoms with Crippen molar-refractivity contribution in [1.82, 2.24) is 9.88 Å². The molecule has 0 aromatic carbocycles. The zero-order valence-corrected chi connectivity index (χ0v) is 13.7. The minimum Gasteiger partial charge on any atom is -0.389 e. The van der Waals surface area contributed by atoms with Crippen molar-refractivity contribution < 1.29 is 9.90 Å². The third-order valence-corrected chi connectivity index (χ3v) is 2.96. The second kappa shape index (κ2) is 7.41. The summed E-state index contributed by atoms with van der Waals surface area (Å²) in [6, 6.07) is 3.61. The summed E-state index contributed by atoms with van der Waals surface area (Å²) in [6.07, 6.45) is 1.82. The van der Waals surface area contributed by atoms with Crippen LogP contribution < -0.4 is 5.32 Å². The highest BCUT2D eigenvalue weighted by molar-refractivity contribution is 5.95. The maximum atomic E-state index is 12.5. The molecular formula is C16H27N3O2. The van der Waals surface area contributed by atoms with Gasteiger partial charge >= 0.3 is 0 Å². The minimum absolute atomic E-state index is 0.101. The highest BCUT2D eigenvalue weighted by Crippen LogP contribution is 2.15. The highest BCUT2D eigenvalue weighted by Gasteiger charge is 2.21. The normalized spacial score (nSPS) is 11.3. The van der Waals surface area contributed by atoms with Crippen LogP contribution in [0.4, 0.5) is 5.82 Å². The van der Waals surface area contributed by atoms with Crippen molar-refractivity contribution in [3.63, 3.8) is 0 Å². The summed E-state index contributed by atoms with van der Waals surface area (Å²) in [6.45, 7) is 8.51. The molecule has 1 heterocycles. The second-order valence-electron chi connectivity index (χ2n) is 5.99. The number of nitrogens with zero attached hydrogens (tertiary/aromatic N) is 2. The van der Waals surface area contributed by atoms with Crippen molar-refractivity contribution in [1.29, 1.82) is 0 Å². The lowest BCUT2D eigenvalue weighted by atomic mass is 10.1. The summed E-state index contributed by atoms with van der Waals surface area (Å²) in [5, 5.41) is 13.0. The Bertz CT molecular complexity index is 457. The molecular weight excluding hydrogens is 266 g/mol. The number of aliphatic hydroxyl groups is 1. The van der Waals surface area contributed by atoms with Gasteiger partial charge in [0.05, 0.1) is 5.60 Å². The van der Waals surface area contributed by atoms with Gasteiger partial charge in [0.1, 0.15) is 5.82 Å². The van der Waals surface area contributed by atoms with Crippen LogP contribution in [0, 0.1) is 0 Å². The number of nitrogens with one attached hydrogen (secondary N) is 1. The van der Waals surface area contributed by atoms with E-state index < -0.39 is 5.60 Å². The van der Waals surface area contributed by atoms with Gasteiger partial charge in [-0.25, -0.2) is 4.98 Å². The SMILES string of the molecule is CCCc1cc(C(=O)N(C)CC(C)(C)O)cc(NCC)n1. The number of hydrogen-bond donors (Lipinski definition) is 2. The molecule has 2 N–H and O–H groups in total. The Balaban J connectivity index is 3.01. The average Bonchev–Trinajstić information content (AvgIpc) is 2.36. The van der Waals surface area contributed by atoms with E-state index in [0.717, 1.165) is 30.9 Å². The fraction of sp³-hybridized carbons (Fsp3) is 0.625. The Morgan fingerprint density at radius 3 is 2.57 bits per heavy atom. The molecule has 118 valence electrons. The Morgan fingerprint density at radius 2 is 2.05 bits per heavy atom. The number of rotatable bonds is 7. The summed E-state index contributed by atoms with van der Waals surface area (Å²) >= 11 is 0. The Hall–Kier alpha value is -1.62. The molecule has 0 fully saturated rings. The summed E-state index contributed by atoms with van der Waals surface area (Å²) < 4.78 is 0. The number of anilines is 1. The predicted molar refractivity (Wildman–Crippen MR) is 85.7 cm³/mol. The van der Waals surface area contributed by atoms with Crippen molar-refractivity contribution in [2.75, 3.05) is 25.5 Å². The summed E-state index contributed by atoms with van der Waals surface area (Å²) in [5.74, 6) is 0.625. The van der Waals surface area contributed by atoms with Gasteiger partial charge < -0.3 is 15.3 Å². The van der Waals surface area contributed by atoms with Crippen LogP contribution in [0.1, 0.15) is 50.2 Å². The van der Waals surface area contributed by atoms with Crippen LogP contribution in [0.15, 0.2) is 12.1 Å². The highest BCUT2D eigenvalue weighted by atomic mass is 16.3. The first-order valence-corrected chi connectivity index (χ1v) is 7.49. The van der Waals surface area contributed by atoms with E-state index in [9.17, 15) is 9.90 Å². The van der Waals surface area contributed by atoms with E-state index in [-0.39, 0.29) is 12.5 Å². The van der Waals surface area contributed by atoms with Crippen LogP contribution >= 0.6 is 0 Å². The van der Waals surface area contributed by atoms with E-state index in [1.807, 2.05) is 13.0 Å². The molecule has 0 aliphatic heterocycles. The van der Waals surface area contributed by atoms with E-state index >= 15 is 0 Å². The van der Waals surface area contributed by atoms with E-state index in [1.165, 1.54) is 0 Å². The third-order valence-electron chi connectivity index (χ3n) is 2.96. The molecule has 21 heavy (non-hydrogen) atoms. The van der Waals surface area contributed by atoms with E-state index in [4.69, 9.17) is 0 Å². The van der Waals surface area contributed by atoms with Gasteiger partial charge in [0, 0.05) is 31.4 Å². The number of carbonyl (C=O) groups excluding carboxylic acids is 1. The van der Waals surface area contributed by atoms with E-state index in [2.05, 4.69) is 17.2 Å². The molecule has 1 aromatic rings. The van der Waals surface area contributed by atoms with Crippen LogP contribution in [-0.4, -0.2) is 46.6 Å². The monoisotopic (exact) mass is 293 g/mol. The summed E-state index contributed by atoms with van der Waals surface area (Å²) in [4.78, 5) is 18.5. The van der Waals surface area contributed by atoms with Crippen LogP contribution in [0.3, 0.4) is 0 Å². The van der Waals surface area contributed by atoms with Crippen molar-refractivity contribution in [2.45, 2.75) is 46.1 Å². The first-order chi connectivity index (χ1) is 9.76. The van der Waals surface area contributed by atoms with Crippen LogP contribution in [-0.2, 0) is 6.42 Å². The molecule has 0 aliphatic carbocycles. The molecule has 0 aliphatic rings. The zero-order chi connectivity index (χ0) is 16.0. The fourth-order valence-corrected chi connectivity index (χ4v) is 2.24. The standard InChI is InChI=1S/C16H27N3O2/c1-6-8-13-9-12(10-14(18-13)17-7-2)15(20)19(5)11-16(3,4)21/h9-10,21H,6-8,11H2,1-5H3,(H,17,18). The van der Waals surface area contributed by atoms with Gasteiger partial charge in [0.15, 0.2) is 0 Å². The van der Waals surface area contributed by atoms with Crippen LogP contribution in [0.2, 0.25) is 0 Å². The van der Waals surface area contributed by atoms with Gasteiger partial charge in [0.2, 0.25) is 0 Å². The number of pyridine rings is 1. The quantitative estimate of drug-likeness (QED) is 0.809.